The number of amides is 2. The maximum absolute atomic E-state index is 12.6. The Morgan fingerprint density at radius 3 is 2.76 bits per heavy atom. The molecule has 0 aliphatic carbocycles. The van der Waals surface area contributed by atoms with E-state index < -0.39 is 6.10 Å². The fraction of sp³-hybridized carbons (Fsp3) is 0.583. The minimum Gasteiger partial charge on any atom is -0.392 e. The molecule has 1 aromatic rings. The number of likely N-dealkylation sites (tertiary alicyclic amines) is 1. The van der Waals surface area contributed by atoms with Crippen molar-refractivity contribution in [2.75, 3.05) is 39.3 Å². The van der Waals surface area contributed by atoms with Gasteiger partial charge in [0.25, 0.3) is 0 Å². The minimum atomic E-state index is -0.569. The van der Waals surface area contributed by atoms with Crippen LogP contribution in [-0.4, -0.2) is 94.2 Å². The first-order valence-electron chi connectivity index (χ1n) is 11.5. The molecule has 2 fully saturated rings. The Morgan fingerprint density at radius 2 is 2.00 bits per heavy atom. The van der Waals surface area contributed by atoms with Crippen LogP contribution in [-0.2, 0) is 9.59 Å². The summed E-state index contributed by atoms with van der Waals surface area (Å²) in [5.41, 5.74) is 0.773. The Kier molecular flexibility index (Phi) is 9.58. The van der Waals surface area contributed by atoms with Crippen LogP contribution in [0, 0.1) is 0 Å². The molecule has 0 bridgehead atoms. The second-order valence-corrected chi connectivity index (χ2v) is 9.66. The molecule has 2 aliphatic heterocycles. The third kappa shape index (κ3) is 7.42. The number of aliphatic hydroxyl groups excluding tert-OH is 2. The van der Waals surface area contributed by atoms with E-state index in [0.29, 0.717) is 49.2 Å². The van der Waals surface area contributed by atoms with Gasteiger partial charge in [0.05, 0.1) is 22.3 Å². The summed E-state index contributed by atoms with van der Waals surface area (Å²) in [6.45, 7) is 5.04. The summed E-state index contributed by atoms with van der Waals surface area (Å²) in [6.07, 6.45) is 4.70. The molecule has 7 nitrogen and oxygen atoms in total. The molecule has 0 spiro atoms. The van der Waals surface area contributed by atoms with Gasteiger partial charge in [-0.2, -0.15) is 0 Å². The molecule has 2 N–H and O–H groups in total. The second kappa shape index (κ2) is 12.2. The lowest BCUT2D eigenvalue weighted by Crippen LogP contribution is -2.49. The Morgan fingerprint density at radius 1 is 1.21 bits per heavy atom. The first kappa shape index (κ1) is 26.0. The molecule has 3 rings (SSSR count). The summed E-state index contributed by atoms with van der Waals surface area (Å²) in [7, 11) is 0. The van der Waals surface area contributed by atoms with Gasteiger partial charge in [0, 0.05) is 51.3 Å². The normalized spacial score (nSPS) is 23.7. The lowest BCUT2D eigenvalue weighted by atomic mass is 9.99. The number of β-amino-alcohol motifs (C(OH)–C–C–N with tert-alkyl or cyclic N) is 1. The Labute approximate surface area is 205 Å². The van der Waals surface area contributed by atoms with Crippen LogP contribution < -0.4 is 0 Å². The van der Waals surface area contributed by atoms with Crippen molar-refractivity contribution in [2.24, 2.45) is 0 Å². The molecule has 2 aliphatic rings. The number of carbonyl (C=O) groups is 2. The molecular weight excluding hydrogens is 465 g/mol. The van der Waals surface area contributed by atoms with Crippen LogP contribution in [0.15, 0.2) is 24.3 Å². The SMILES string of the molecule is C[C@H]1[C@H](O)CCCN1CC(O)CCN1CCN(C(=O)C=Cc2ccc(Cl)c(Cl)c2)CCC1=O. The highest BCUT2D eigenvalue weighted by Gasteiger charge is 2.28. The molecule has 0 radical (unpaired) electrons. The molecule has 9 heteroatoms. The number of hydrogen-bond acceptors (Lipinski definition) is 5. The van der Waals surface area contributed by atoms with Gasteiger partial charge in [0.15, 0.2) is 0 Å². The van der Waals surface area contributed by atoms with Crippen molar-refractivity contribution in [3.63, 3.8) is 0 Å². The third-order valence-electron chi connectivity index (χ3n) is 6.52. The zero-order chi connectivity index (χ0) is 24.0. The van der Waals surface area contributed by atoms with E-state index in [9.17, 15) is 19.8 Å². The van der Waals surface area contributed by atoms with Crippen molar-refractivity contribution in [3.05, 3.63) is 39.9 Å². The van der Waals surface area contributed by atoms with E-state index in [0.717, 1.165) is 24.9 Å². The van der Waals surface area contributed by atoms with E-state index in [4.69, 9.17) is 23.2 Å². The standard InChI is InChI=1S/C24H33Cl2N3O4/c1-17-22(31)3-2-10-29(17)16-19(30)8-11-27-13-14-28(12-9-24(27)33)23(32)7-5-18-4-6-20(25)21(26)15-18/h4-7,15,17,19,22,30-31H,2-3,8-14,16H2,1H3/t17-,19?,22+/m0/s1. The Hall–Kier alpha value is -1.64. The number of halogens is 2. The molecule has 3 atom stereocenters. The van der Waals surface area contributed by atoms with Crippen molar-refractivity contribution in [1.82, 2.24) is 14.7 Å². The van der Waals surface area contributed by atoms with Gasteiger partial charge in [-0.3, -0.25) is 14.5 Å². The fourth-order valence-electron chi connectivity index (χ4n) is 4.33. The zero-order valence-corrected chi connectivity index (χ0v) is 20.5. The van der Waals surface area contributed by atoms with Crippen LogP contribution in [0.25, 0.3) is 6.08 Å². The van der Waals surface area contributed by atoms with Gasteiger partial charge in [0.1, 0.15) is 0 Å². The number of aliphatic hydroxyl groups is 2. The Balaban J connectivity index is 1.47. The quantitative estimate of drug-likeness (QED) is 0.565. The van der Waals surface area contributed by atoms with Crippen LogP contribution in [0.3, 0.4) is 0 Å². The van der Waals surface area contributed by atoms with Gasteiger partial charge in [-0.25, -0.2) is 0 Å². The van der Waals surface area contributed by atoms with Gasteiger partial charge >= 0.3 is 0 Å². The summed E-state index contributed by atoms with van der Waals surface area (Å²) in [6, 6.07) is 5.18. The minimum absolute atomic E-state index is 0.00674. The predicted molar refractivity (Wildman–Crippen MR) is 130 cm³/mol. The number of hydrogen-bond donors (Lipinski definition) is 2. The highest BCUT2D eigenvalue weighted by molar-refractivity contribution is 6.42. The van der Waals surface area contributed by atoms with Crippen molar-refractivity contribution < 1.29 is 19.8 Å². The molecular formula is C24H33Cl2N3O4. The van der Waals surface area contributed by atoms with Gasteiger partial charge < -0.3 is 20.0 Å². The molecule has 182 valence electrons. The number of piperidine rings is 1. The van der Waals surface area contributed by atoms with Crippen molar-refractivity contribution >= 4 is 41.1 Å². The third-order valence-corrected chi connectivity index (χ3v) is 7.26. The summed E-state index contributed by atoms with van der Waals surface area (Å²) in [5, 5.41) is 21.4. The monoisotopic (exact) mass is 497 g/mol. The summed E-state index contributed by atoms with van der Waals surface area (Å²) in [4.78, 5) is 30.7. The van der Waals surface area contributed by atoms with Crippen LogP contribution in [0.1, 0.15) is 38.2 Å². The van der Waals surface area contributed by atoms with Crippen LogP contribution in [0.2, 0.25) is 10.0 Å². The molecule has 1 aromatic carbocycles. The highest BCUT2D eigenvalue weighted by Crippen LogP contribution is 2.23. The zero-order valence-electron chi connectivity index (χ0n) is 19.0. The lowest BCUT2D eigenvalue weighted by Gasteiger charge is -2.38. The van der Waals surface area contributed by atoms with Gasteiger partial charge in [0.2, 0.25) is 11.8 Å². The Bertz CT molecular complexity index is 866. The molecule has 0 aromatic heterocycles. The lowest BCUT2D eigenvalue weighted by molar-refractivity contribution is -0.130. The fourth-order valence-corrected chi connectivity index (χ4v) is 4.64. The maximum Gasteiger partial charge on any atom is 0.246 e. The van der Waals surface area contributed by atoms with E-state index in [2.05, 4.69) is 4.90 Å². The topological polar surface area (TPSA) is 84.3 Å². The van der Waals surface area contributed by atoms with Gasteiger partial charge in [-0.1, -0.05) is 29.3 Å². The van der Waals surface area contributed by atoms with Crippen LogP contribution in [0.4, 0.5) is 0 Å². The number of benzene rings is 1. The summed E-state index contributed by atoms with van der Waals surface area (Å²) >= 11 is 11.9. The first-order valence-corrected chi connectivity index (χ1v) is 12.3. The van der Waals surface area contributed by atoms with Gasteiger partial charge in [-0.15, -0.1) is 0 Å². The van der Waals surface area contributed by atoms with E-state index in [1.807, 2.05) is 6.92 Å². The van der Waals surface area contributed by atoms with E-state index in [1.165, 1.54) is 6.08 Å². The predicted octanol–water partition coefficient (Wildman–Crippen LogP) is 2.66. The summed E-state index contributed by atoms with van der Waals surface area (Å²) < 4.78 is 0. The van der Waals surface area contributed by atoms with Crippen LogP contribution >= 0.6 is 23.2 Å². The molecule has 2 saturated heterocycles. The summed E-state index contributed by atoms with van der Waals surface area (Å²) in [5.74, 6) is -0.166. The van der Waals surface area contributed by atoms with E-state index >= 15 is 0 Å². The van der Waals surface area contributed by atoms with Gasteiger partial charge in [-0.05, 0) is 56.5 Å². The number of rotatable bonds is 7. The molecule has 1 unspecified atom stereocenters. The van der Waals surface area contributed by atoms with Crippen molar-refractivity contribution in [3.8, 4) is 0 Å². The average Bonchev–Trinajstić information content (AvgIpc) is 2.97. The van der Waals surface area contributed by atoms with E-state index in [1.54, 1.807) is 34.1 Å². The number of carbonyl (C=O) groups excluding carboxylic acids is 2. The maximum atomic E-state index is 12.6. The van der Waals surface area contributed by atoms with Crippen molar-refractivity contribution in [1.29, 1.82) is 0 Å². The highest BCUT2D eigenvalue weighted by atomic mass is 35.5. The molecule has 2 heterocycles. The average molecular weight is 498 g/mol. The molecule has 2 amide bonds. The van der Waals surface area contributed by atoms with E-state index in [-0.39, 0.29) is 30.4 Å². The largest absolute Gasteiger partial charge is 0.392 e. The second-order valence-electron chi connectivity index (χ2n) is 8.85. The van der Waals surface area contributed by atoms with Crippen molar-refractivity contribution in [2.45, 2.75) is 50.9 Å². The molecule has 33 heavy (non-hydrogen) atoms. The first-order chi connectivity index (χ1) is 15.7. The van der Waals surface area contributed by atoms with Crippen LogP contribution in [0.5, 0.6) is 0 Å². The number of nitrogens with zero attached hydrogens (tertiary/aromatic N) is 3. The molecule has 0 saturated carbocycles. The smallest absolute Gasteiger partial charge is 0.246 e.